The topological polar surface area (TPSA) is 78.5 Å². The molecular formula is C19H23N3O3S. The van der Waals surface area contributed by atoms with Gasteiger partial charge in [0.25, 0.3) is 15.9 Å². The van der Waals surface area contributed by atoms with Gasteiger partial charge in [-0.05, 0) is 56.3 Å². The number of nitrogens with zero attached hydrogens (tertiary/aromatic N) is 1. The number of likely N-dealkylation sites (tertiary alicyclic amines) is 1. The third-order valence-electron chi connectivity index (χ3n) is 4.63. The maximum Gasteiger partial charge on any atom is 0.261 e. The Kier molecular flexibility index (Phi) is 5.58. The zero-order valence-corrected chi connectivity index (χ0v) is 15.5. The first-order valence-corrected chi connectivity index (χ1v) is 10.1. The van der Waals surface area contributed by atoms with E-state index in [9.17, 15) is 13.2 Å². The van der Waals surface area contributed by atoms with Crippen LogP contribution in [0.4, 0.5) is 5.69 Å². The number of sulfonamides is 1. The lowest BCUT2D eigenvalue weighted by Gasteiger charge is -2.31. The molecule has 2 aromatic carbocycles. The molecule has 0 aromatic heterocycles. The standard InChI is InChI=1S/C19H23N3O3S/c1-20-16-11-13-22(14-12-16)19(23)15-7-9-17(10-8-15)21-26(24,25)18-5-3-2-4-6-18/h2-10,16,20-21H,11-14H2,1H3. The van der Waals surface area contributed by atoms with Crippen LogP contribution in [0.2, 0.25) is 0 Å². The molecule has 0 aliphatic carbocycles. The fourth-order valence-electron chi connectivity index (χ4n) is 3.05. The lowest BCUT2D eigenvalue weighted by molar-refractivity contribution is 0.0707. The van der Waals surface area contributed by atoms with E-state index in [4.69, 9.17) is 0 Å². The first-order valence-electron chi connectivity index (χ1n) is 8.64. The first kappa shape index (κ1) is 18.4. The molecule has 1 saturated heterocycles. The fraction of sp³-hybridized carbons (Fsp3) is 0.316. The number of rotatable bonds is 5. The molecule has 1 amide bonds. The summed E-state index contributed by atoms with van der Waals surface area (Å²) in [5, 5.41) is 3.24. The highest BCUT2D eigenvalue weighted by Crippen LogP contribution is 2.18. The Labute approximate surface area is 154 Å². The highest BCUT2D eigenvalue weighted by Gasteiger charge is 2.22. The SMILES string of the molecule is CNC1CCN(C(=O)c2ccc(NS(=O)(=O)c3ccccc3)cc2)CC1. The molecule has 0 spiro atoms. The number of hydrogen-bond donors (Lipinski definition) is 2. The van der Waals surface area contributed by atoms with Gasteiger partial charge in [-0.1, -0.05) is 18.2 Å². The average molecular weight is 373 g/mol. The monoisotopic (exact) mass is 373 g/mol. The van der Waals surface area contributed by atoms with Crippen molar-refractivity contribution in [3.63, 3.8) is 0 Å². The highest BCUT2D eigenvalue weighted by atomic mass is 32.2. The van der Waals surface area contributed by atoms with Crippen molar-refractivity contribution < 1.29 is 13.2 Å². The van der Waals surface area contributed by atoms with Crippen molar-refractivity contribution in [1.29, 1.82) is 0 Å². The van der Waals surface area contributed by atoms with Gasteiger partial charge in [-0.2, -0.15) is 0 Å². The van der Waals surface area contributed by atoms with Gasteiger partial charge in [-0.15, -0.1) is 0 Å². The Morgan fingerprint density at radius 3 is 2.19 bits per heavy atom. The minimum Gasteiger partial charge on any atom is -0.339 e. The molecule has 1 heterocycles. The number of amides is 1. The van der Waals surface area contributed by atoms with Gasteiger partial charge in [0.1, 0.15) is 0 Å². The smallest absolute Gasteiger partial charge is 0.261 e. The summed E-state index contributed by atoms with van der Waals surface area (Å²) in [4.78, 5) is 14.6. The van der Waals surface area contributed by atoms with Crippen molar-refractivity contribution in [3.05, 3.63) is 60.2 Å². The molecule has 3 rings (SSSR count). The van der Waals surface area contributed by atoms with E-state index >= 15 is 0 Å². The summed E-state index contributed by atoms with van der Waals surface area (Å²) >= 11 is 0. The van der Waals surface area contributed by atoms with Crippen LogP contribution < -0.4 is 10.0 Å². The molecule has 0 radical (unpaired) electrons. The van der Waals surface area contributed by atoms with E-state index in [1.54, 1.807) is 42.5 Å². The van der Waals surface area contributed by atoms with Crippen LogP contribution in [0.25, 0.3) is 0 Å². The molecule has 1 aliphatic rings. The quantitative estimate of drug-likeness (QED) is 0.843. The Morgan fingerprint density at radius 1 is 1.00 bits per heavy atom. The van der Waals surface area contributed by atoms with Crippen molar-refractivity contribution in [2.75, 3.05) is 24.9 Å². The van der Waals surface area contributed by atoms with Crippen molar-refractivity contribution in [1.82, 2.24) is 10.2 Å². The third-order valence-corrected chi connectivity index (χ3v) is 6.03. The predicted molar refractivity (Wildman–Crippen MR) is 102 cm³/mol. The zero-order chi connectivity index (χ0) is 18.6. The molecule has 138 valence electrons. The number of carbonyl (C=O) groups is 1. The largest absolute Gasteiger partial charge is 0.339 e. The molecule has 6 nitrogen and oxygen atoms in total. The Balaban J connectivity index is 1.66. The maximum absolute atomic E-state index is 12.6. The minimum atomic E-state index is -3.63. The molecule has 26 heavy (non-hydrogen) atoms. The van der Waals surface area contributed by atoms with Gasteiger partial charge in [-0.3, -0.25) is 9.52 Å². The molecule has 0 atom stereocenters. The van der Waals surface area contributed by atoms with Crippen LogP contribution >= 0.6 is 0 Å². The van der Waals surface area contributed by atoms with Gasteiger partial charge in [0.2, 0.25) is 0 Å². The maximum atomic E-state index is 12.6. The molecule has 2 aromatic rings. The number of nitrogens with one attached hydrogen (secondary N) is 2. The summed E-state index contributed by atoms with van der Waals surface area (Å²) < 4.78 is 27.2. The van der Waals surface area contributed by atoms with Crippen LogP contribution in [0.1, 0.15) is 23.2 Å². The first-order chi connectivity index (χ1) is 12.5. The van der Waals surface area contributed by atoms with Crippen LogP contribution in [0.15, 0.2) is 59.5 Å². The summed E-state index contributed by atoms with van der Waals surface area (Å²) in [5.41, 5.74) is 0.995. The Morgan fingerprint density at radius 2 is 1.62 bits per heavy atom. The van der Waals surface area contributed by atoms with E-state index in [-0.39, 0.29) is 10.8 Å². The lowest BCUT2D eigenvalue weighted by atomic mass is 10.0. The Hall–Kier alpha value is -2.38. The summed E-state index contributed by atoms with van der Waals surface area (Å²) in [6, 6.07) is 15.2. The molecule has 7 heteroatoms. The molecule has 1 fully saturated rings. The molecule has 0 saturated carbocycles. The minimum absolute atomic E-state index is 0.0166. The number of carbonyl (C=O) groups excluding carboxylic acids is 1. The third kappa shape index (κ3) is 4.23. The van der Waals surface area contributed by atoms with E-state index in [0.29, 0.717) is 17.3 Å². The van der Waals surface area contributed by atoms with Crippen LogP contribution in [0.3, 0.4) is 0 Å². The Bertz CT molecular complexity index is 843. The van der Waals surface area contributed by atoms with E-state index in [0.717, 1.165) is 25.9 Å². The summed E-state index contributed by atoms with van der Waals surface area (Å²) in [6.45, 7) is 1.46. The van der Waals surface area contributed by atoms with Crippen molar-refractivity contribution >= 4 is 21.6 Å². The second-order valence-corrected chi connectivity index (χ2v) is 8.03. The van der Waals surface area contributed by atoms with Crippen molar-refractivity contribution in [2.24, 2.45) is 0 Å². The number of hydrogen-bond acceptors (Lipinski definition) is 4. The van der Waals surface area contributed by atoms with Crippen LogP contribution in [-0.4, -0.2) is 45.4 Å². The van der Waals surface area contributed by atoms with Gasteiger partial charge < -0.3 is 10.2 Å². The molecule has 0 unspecified atom stereocenters. The number of anilines is 1. The van der Waals surface area contributed by atoms with E-state index in [2.05, 4.69) is 10.0 Å². The second-order valence-electron chi connectivity index (χ2n) is 6.35. The van der Waals surface area contributed by atoms with Gasteiger partial charge in [0.05, 0.1) is 4.90 Å². The number of benzene rings is 2. The van der Waals surface area contributed by atoms with Crippen LogP contribution in [-0.2, 0) is 10.0 Å². The summed E-state index contributed by atoms with van der Waals surface area (Å²) in [5.74, 6) is -0.0166. The molecule has 0 bridgehead atoms. The van der Waals surface area contributed by atoms with Gasteiger partial charge in [-0.25, -0.2) is 8.42 Å². The second kappa shape index (κ2) is 7.88. The van der Waals surface area contributed by atoms with Crippen molar-refractivity contribution in [3.8, 4) is 0 Å². The predicted octanol–water partition coefficient (Wildman–Crippen LogP) is 2.31. The summed E-state index contributed by atoms with van der Waals surface area (Å²) in [7, 11) is -1.69. The van der Waals surface area contributed by atoms with E-state index in [1.165, 1.54) is 12.1 Å². The van der Waals surface area contributed by atoms with Crippen molar-refractivity contribution in [2.45, 2.75) is 23.8 Å². The van der Waals surface area contributed by atoms with Gasteiger partial charge in [0, 0.05) is 30.4 Å². The van der Waals surface area contributed by atoms with Crippen LogP contribution in [0, 0.1) is 0 Å². The fourth-order valence-corrected chi connectivity index (χ4v) is 4.13. The normalized spacial score (nSPS) is 15.7. The highest BCUT2D eigenvalue weighted by molar-refractivity contribution is 7.92. The van der Waals surface area contributed by atoms with E-state index < -0.39 is 10.0 Å². The van der Waals surface area contributed by atoms with E-state index in [1.807, 2.05) is 11.9 Å². The zero-order valence-electron chi connectivity index (χ0n) is 14.7. The van der Waals surface area contributed by atoms with Gasteiger partial charge >= 0.3 is 0 Å². The van der Waals surface area contributed by atoms with Crippen LogP contribution in [0.5, 0.6) is 0 Å². The molecule has 2 N–H and O–H groups in total. The molecular weight excluding hydrogens is 350 g/mol. The van der Waals surface area contributed by atoms with Gasteiger partial charge in [0.15, 0.2) is 0 Å². The number of piperidine rings is 1. The average Bonchev–Trinajstić information content (AvgIpc) is 2.68. The lowest BCUT2D eigenvalue weighted by Crippen LogP contribution is -2.43. The summed E-state index contributed by atoms with van der Waals surface area (Å²) in [6.07, 6.45) is 1.88. The molecule has 1 aliphatic heterocycles.